The van der Waals surface area contributed by atoms with Crippen molar-refractivity contribution in [3.63, 3.8) is 0 Å². The molecule has 1 N–H and O–H groups in total. The molecule has 3 aromatic rings. The number of ether oxygens (including phenoxy) is 1. The molecule has 2 aromatic carbocycles. The number of carbonyl (C=O) groups excluding carboxylic acids is 2. The molecular formula is C19H14Cl2N2O3. The van der Waals surface area contributed by atoms with E-state index in [1.807, 2.05) is 6.92 Å². The summed E-state index contributed by atoms with van der Waals surface area (Å²) in [6, 6.07) is 13.6. The molecule has 1 aromatic heterocycles. The van der Waals surface area contributed by atoms with Crippen LogP contribution in [0.4, 0.5) is 5.69 Å². The van der Waals surface area contributed by atoms with E-state index in [4.69, 9.17) is 27.9 Å². The first-order valence-electron chi connectivity index (χ1n) is 7.72. The third-order valence-electron chi connectivity index (χ3n) is 3.71. The van der Waals surface area contributed by atoms with Gasteiger partial charge in [0, 0.05) is 16.1 Å². The van der Waals surface area contributed by atoms with E-state index >= 15 is 0 Å². The van der Waals surface area contributed by atoms with E-state index in [9.17, 15) is 9.59 Å². The lowest BCUT2D eigenvalue weighted by Crippen LogP contribution is -2.21. The van der Waals surface area contributed by atoms with Gasteiger partial charge in [0.05, 0.1) is 11.1 Å². The molecule has 0 aliphatic rings. The Kier molecular flexibility index (Phi) is 5.40. The Morgan fingerprint density at radius 3 is 2.69 bits per heavy atom. The van der Waals surface area contributed by atoms with Crippen molar-refractivity contribution in [1.82, 2.24) is 4.98 Å². The van der Waals surface area contributed by atoms with Crippen LogP contribution in [0.25, 0.3) is 10.9 Å². The van der Waals surface area contributed by atoms with Crippen molar-refractivity contribution >= 4 is 51.7 Å². The summed E-state index contributed by atoms with van der Waals surface area (Å²) in [6.45, 7) is 1.40. The lowest BCUT2D eigenvalue weighted by molar-refractivity contribution is -0.119. The van der Waals surface area contributed by atoms with Crippen LogP contribution in [0.15, 0.2) is 48.5 Å². The summed E-state index contributed by atoms with van der Waals surface area (Å²) in [5.41, 5.74) is 2.25. The number of amides is 1. The fourth-order valence-electron chi connectivity index (χ4n) is 2.44. The second kappa shape index (κ2) is 7.72. The zero-order valence-electron chi connectivity index (χ0n) is 13.8. The number of aromatic nitrogens is 1. The highest BCUT2D eigenvalue weighted by Gasteiger charge is 2.15. The molecule has 0 spiro atoms. The van der Waals surface area contributed by atoms with E-state index < -0.39 is 18.5 Å². The number of fused-ring (bicyclic) bond motifs is 1. The molecule has 26 heavy (non-hydrogen) atoms. The first kappa shape index (κ1) is 18.2. The zero-order valence-corrected chi connectivity index (χ0v) is 15.3. The molecule has 0 fully saturated rings. The number of esters is 1. The maximum Gasteiger partial charge on any atom is 0.339 e. The Hall–Kier alpha value is -2.63. The first-order chi connectivity index (χ1) is 12.4. The Morgan fingerprint density at radius 1 is 1.12 bits per heavy atom. The number of nitrogens with one attached hydrogen (secondary N) is 1. The summed E-state index contributed by atoms with van der Waals surface area (Å²) < 4.78 is 5.12. The zero-order chi connectivity index (χ0) is 18.7. The van der Waals surface area contributed by atoms with Crippen LogP contribution in [-0.2, 0) is 9.53 Å². The van der Waals surface area contributed by atoms with E-state index in [0.717, 1.165) is 5.56 Å². The van der Waals surface area contributed by atoms with Crippen molar-refractivity contribution in [2.75, 3.05) is 11.9 Å². The number of hydrogen-bond donors (Lipinski definition) is 1. The van der Waals surface area contributed by atoms with E-state index in [1.165, 1.54) is 6.07 Å². The Morgan fingerprint density at radius 2 is 1.88 bits per heavy atom. The molecule has 3 rings (SSSR count). The van der Waals surface area contributed by atoms with Crippen LogP contribution in [0, 0.1) is 6.92 Å². The third kappa shape index (κ3) is 4.12. The van der Waals surface area contributed by atoms with Crippen LogP contribution in [-0.4, -0.2) is 23.5 Å². The van der Waals surface area contributed by atoms with Crippen molar-refractivity contribution in [1.29, 1.82) is 0 Å². The fraction of sp³-hybridized carbons (Fsp3) is 0.105. The van der Waals surface area contributed by atoms with E-state index in [2.05, 4.69) is 10.3 Å². The van der Waals surface area contributed by atoms with E-state index in [1.54, 1.807) is 42.5 Å². The second-order valence-electron chi connectivity index (χ2n) is 5.59. The third-order valence-corrected chi connectivity index (χ3v) is 4.14. The quantitative estimate of drug-likeness (QED) is 0.521. The van der Waals surface area contributed by atoms with Crippen LogP contribution in [0.2, 0.25) is 10.2 Å². The standard InChI is InChI=1S/C19H14Cl2N2O3/c1-11-6-7-12(20)8-16(11)23-18(24)10-26-19(25)14-9-17(21)22-15-5-3-2-4-13(14)15/h2-9H,10H2,1H3,(H,23,24). The van der Waals surface area contributed by atoms with Gasteiger partial charge in [-0.25, -0.2) is 9.78 Å². The van der Waals surface area contributed by atoms with Crippen LogP contribution < -0.4 is 5.32 Å². The Balaban J connectivity index is 1.71. The minimum Gasteiger partial charge on any atom is -0.452 e. The highest BCUT2D eigenvalue weighted by Crippen LogP contribution is 2.22. The molecule has 5 nitrogen and oxygen atoms in total. The number of carbonyl (C=O) groups is 2. The molecule has 132 valence electrons. The molecule has 1 amide bonds. The van der Waals surface area contributed by atoms with Gasteiger partial charge in [0.2, 0.25) is 0 Å². The van der Waals surface area contributed by atoms with Gasteiger partial charge in [0.1, 0.15) is 5.15 Å². The molecule has 0 saturated carbocycles. The minimum atomic E-state index is -0.650. The molecule has 1 heterocycles. The van der Waals surface area contributed by atoms with E-state index in [0.29, 0.717) is 21.6 Å². The Bertz CT molecular complexity index is 1010. The summed E-state index contributed by atoms with van der Waals surface area (Å²) in [5, 5.41) is 3.95. The lowest BCUT2D eigenvalue weighted by atomic mass is 10.1. The van der Waals surface area contributed by atoms with Crippen molar-refractivity contribution < 1.29 is 14.3 Å². The van der Waals surface area contributed by atoms with Gasteiger partial charge in [0.25, 0.3) is 5.91 Å². The van der Waals surface area contributed by atoms with Gasteiger partial charge in [-0.3, -0.25) is 4.79 Å². The SMILES string of the molecule is Cc1ccc(Cl)cc1NC(=O)COC(=O)c1cc(Cl)nc2ccccc12. The predicted molar refractivity (Wildman–Crippen MR) is 102 cm³/mol. The number of rotatable bonds is 4. The second-order valence-corrected chi connectivity index (χ2v) is 6.42. The van der Waals surface area contributed by atoms with Crippen LogP contribution in [0.5, 0.6) is 0 Å². The molecule has 0 aliphatic carbocycles. The number of para-hydroxylation sites is 1. The number of nitrogens with zero attached hydrogens (tertiary/aromatic N) is 1. The van der Waals surface area contributed by atoms with Gasteiger partial charge in [-0.05, 0) is 36.8 Å². The average molecular weight is 389 g/mol. The summed E-state index contributed by atoms with van der Waals surface area (Å²) in [4.78, 5) is 28.6. The van der Waals surface area contributed by atoms with Gasteiger partial charge in [0.15, 0.2) is 6.61 Å². The molecule has 0 bridgehead atoms. The topological polar surface area (TPSA) is 68.3 Å². The molecule has 0 atom stereocenters. The Labute approximate surface area is 159 Å². The van der Waals surface area contributed by atoms with Crippen LogP contribution in [0.1, 0.15) is 15.9 Å². The molecule has 0 saturated heterocycles. The number of hydrogen-bond acceptors (Lipinski definition) is 4. The first-order valence-corrected chi connectivity index (χ1v) is 8.48. The van der Waals surface area contributed by atoms with Crippen molar-refractivity contribution in [2.24, 2.45) is 0 Å². The van der Waals surface area contributed by atoms with Gasteiger partial charge >= 0.3 is 5.97 Å². The molecule has 7 heteroatoms. The maximum atomic E-state index is 12.4. The monoisotopic (exact) mass is 388 g/mol. The summed E-state index contributed by atoms with van der Waals surface area (Å²) >= 11 is 11.9. The normalized spacial score (nSPS) is 10.6. The summed E-state index contributed by atoms with van der Waals surface area (Å²) in [6.07, 6.45) is 0. The molecule has 0 unspecified atom stereocenters. The number of halogens is 2. The van der Waals surface area contributed by atoms with Gasteiger partial charge in [-0.2, -0.15) is 0 Å². The molecule has 0 radical (unpaired) electrons. The van der Waals surface area contributed by atoms with Crippen LogP contribution in [0.3, 0.4) is 0 Å². The van der Waals surface area contributed by atoms with Gasteiger partial charge < -0.3 is 10.1 Å². The van der Waals surface area contributed by atoms with Gasteiger partial charge in [-0.1, -0.05) is 47.5 Å². The maximum absolute atomic E-state index is 12.4. The lowest BCUT2D eigenvalue weighted by Gasteiger charge is -2.10. The van der Waals surface area contributed by atoms with Crippen molar-refractivity contribution in [3.05, 3.63) is 69.8 Å². The highest BCUT2D eigenvalue weighted by molar-refractivity contribution is 6.31. The smallest absolute Gasteiger partial charge is 0.339 e. The van der Waals surface area contributed by atoms with Crippen molar-refractivity contribution in [2.45, 2.75) is 6.92 Å². The number of benzene rings is 2. The predicted octanol–water partition coefficient (Wildman–Crippen LogP) is 4.65. The minimum absolute atomic E-state index is 0.176. The average Bonchev–Trinajstić information content (AvgIpc) is 2.62. The van der Waals surface area contributed by atoms with Gasteiger partial charge in [-0.15, -0.1) is 0 Å². The largest absolute Gasteiger partial charge is 0.452 e. The summed E-state index contributed by atoms with van der Waals surface area (Å²) in [5.74, 6) is -1.11. The highest BCUT2D eigenvalue weighted by atomic mass is 35.5. The number of aryl methyl sites for hydroxylation is 1. The van der Waals surface area contributed by atoms with Crippen LogP contribution >= 0.6 is 23.2 Å². The van der Waals surface area contributed by atoms with Crippen molar-refractivity contribution in [3.8, 4) is 0 Å². The molecular weight excluding hydrogens is 375 g/mol. The number of anilines is 1. The fourth-order valence-corrected chi connectivity index (χ4v) is 2.81. The van der Waals surface area contributed by atoms with E-state index in [-0.39, 0.29) is 10.7 Å². The summed E-state index contributed by atoms with van der Waals surface area (Å²) in [7, 11) is 0. The molecule has 0 aliphatic heterocycles. The number of pyridine rings is 1.